The number of benzene rings is 1. The van der Waals surface area contributed by atoms with E-state index in [1.54, 1.807) is 16.2 Å². The molecule has 1 atom stereocenters. The van der Waals surface area contributed by atoms with Gasteiger partial charge in [-0.15, -0.1) is 23.7 Å². The van der Waals surface area contributed by atoms with Crippen LogP contribution in [0.2, 0.25) is 0 Å². The van der Waals surface area contributed by atoms with E-state index in [1.807, 2.05) is 55.6 Å². The van der Waals surface area contributed by atoms with E-state index in [-0.39, 0.29) is 18.3 Å². The van der Waals surface area contributed by atoms with Crippen LogP contribution in [0.3, 0.4) is 0 Å². The number of aryl methyl sites for hydroxylation is 1. The van der Waals surface area contributed by atoms with Crippen LogP contribution in [-0.2, 0) is 11.3 Å². The number of amides is 1. The maximum Gasteiger partial charge on any atom is 0.244 e. The smallest absolute Gasteiger partial charge is 0.244 e. The number of likely N-dealkylation sites (N-methyl/N-ethyl adjacent to an activating group) is 1. The Morgan fingerprint density at radius 3 is 2.48 bits per heavy atom. The molecule has 2 N–H and O–H groups in total. The Morgan fingerprint density at radius 1 is 1.29 bits per heavy atom. The average Bonchev–Trinajstić information content (AvgIpc) is 2.97. The number of rotatable bonds is 5. The number of carbonyl (C=O) groups excluding carboxylic acids is 1. The highest BCUT2D eigenvalue weighted by Crippen LogP contribution is 2.17. The predicted octanol–water partition coefficient (Wildman–Crippen LogP) is 3.53. The van der Waals surface area contributed by atoms with E-state index in [0.717, 1.165) is 5.56 Å². The van der Waals surface area contributed by atoms with E-state index < -0.39 is 6.04 Å². The molecule has 0 aliphatic carbocycles. The van der Waals surface area contributed by atoms with Crippen molar-refractivity contribution >= 4 is 29.7 Å². The molecule has 0 radical (unpaired) electrons. The fourth-order valence-corrected chi connectivity index (χ4v) is 2.77. The van der Waals surface area contributed by atoms with Gasteiger partial charge in [0.2, 0.25) is 5.91 Å². The first-order valence-electron chi connectivity index (χ1n) is 6.75. The number of nitrogens with two attached hydrogens (primary N) is 1. The van der Waals surface area contributed by atoms with Gasteiger partial charge >= 0.3 is 0 Å². The summed E-state index contributed by atoms with van der Waals surface area (Å²) < 4.78 is 0. The standard InChI is InChI=1S/C16H20N2OS.ClH/c1-3-18(11-14-5-4-10-20-14)16(19)15(17)13-8-6-12(2)7-9-13;/h4-10,15H,3,11,17H2,1-2H3;1H. The minimum absolute atomic E-state index is 0. The molecule has 3 nitrogen and oxygen atoms in total. The molecule has 5 heteroatoms. The molecule has 0 aliphatic heterocycles. The van der Waals surface area contributed by atoms with Crippen LogP contribution in [0.4, 0.5) is 0 Å². The third kappa shape index (κ3) is 4.56. The largest absolute Gasteiger partial charge is 0.336 e. The first kappa shape index (κ1) is 17.7. The van der Waals surface area contributed by atoms with E-state index in [1.165, 1.54) is 10.4 Å². The third-order valence-corrected chi connectivity index (χ3v) is 4.18. The van der Waals surface area contributed by atoms with Crippen LogP contribution in [0.1, 0.15) is 29.0 Å². The van der Waals surface area contributed by atoms with Crippen LogP contribution in [0.25, 0.3) is 0 Å². The summed E-state index contributed by atoms with van der Waals surface area (Å²) in [6.45, 7) is 5.29. The number of thiophene rings is 1. The lowest BCUT2D eigenvalue weighted by atomic mass is 10.0. The average molecular weight is 325 g/mol. The molecule has 0 aliphatic rings. The van der Waals surface area contributed by atoms with Crippen LogP contribution >= 0.6 is 23.7 Å². The predicted molar refractivity (Wildman–Crippen MR) is 90.8 cm³/mol. The Balaban J connectivity index is 0.00000220. The number of halogens is 1. The van der Waals surface area contributed by atoms with E-state index in [9.17, 15) is 4.79 Å². The van der Waals surface area contributed by atoms with Gasteiger partial charge in [0, 0.05) is 11.4 Å². The van der Waals surface area contributed by atoms with Gasteiger partial charge in [-0.05, 0) is 30.9 Å². The molecule has 0 spiro atoms. The first-order valence-corrected chi connectivity index (χ1v) is 7.63. The first-order chi connectivity index (χ1) is 9.61. The SMILES string of the molecule is CCN(Cc1cccs1)C(=O)C(N)c1ccc(C)cc1.Cl. The highest BCUT2D eigenvalue weighted by Gasteiger charge is 2.21. The summed E-state index contributed by atoms with van der Waals surface area (Å²) in [4.78, 5) is 15.5. The fourth-order valence-electron chi connectivity index (χ4n) is 2.05. The second-order valence-electron chi connectivity index (χ2n) is 4.82. The van der Waals surface area contributed by atoms with Crippen molar-refractivity contribution in [2.45, 2.75) is 26.4 Å². The van der Waals surface area contributed by atoms with E-state index in [4.69, 9.17) is 5.73 Å². The maximum atomic E-state index is 12.5. The van der Waals surface area contributed by atoms with Crippen molar-refractivity contribution in [2.75, 3.05) is 6.54 Å². The summed E-state index contributed by atoms with van der Waals surface area (Å²) >= 11 is 1.66. The van der Waals surface area contributed by atoms with E-state index in [0.29, 0.717) is 13.1 Å². The van der Waals surface area contributed by atoms with Crippen molar-refractivity contribution in [2.24, 2.45) is 5.73 Å². The Hall–Kier alpha value is -1.36. The zero-order valence-corrected chi connectivity index (χ0v) is 13.9. The lowest BCUT2D eigenvalue weighted by molar-refractivity contribution is -0.133. The highest BCUT2D eigenvalue weighted by atomic mass is 35.5. The molecule has 1 aromatic heterocycles. The molecule has 114 valence electrons. The summed E-state index contributed by atoms with van der Waals surface area (Å²) in [7, 11) is 0. The monoisotopic (exact) mass is 324 g/mol. The molecule has 0 bridgehead atoms. The molecular weight excluding hydrogens is 304 g/mol. The molecular formula is C16H21ClN2OS. The van der Waals surface area contributed by atoms with Crippen LogP contribution in [0.5, 0.6) is 0 Å². The zero-order chi connectivity index (χ0) is 14.5. The van der Waals surface area contributed by atoms with Gasteiger partial charge in [0.05, 0.1) is 6.54 Å². The van der Waals surface area contributed by atoms with Crippen molar-refractivity contribution in [3.63, 3.8) is 0 Å². The highest BCUT2D eigenvalue weighted by molar-refractivity contribution is 7.09. The lowest BCUT2D eigenvalue weighted by Crippen LogP contribution is -2.37. The zero-order valence-electron chi connectivity index (χ0n) is 12.3. The van der Waals surface area contributed by atoms with Crippen molar-refractivity contribution in [1.29, 1.82) is 0 Å². The number of carbonyl (C=O) groups is 1. The van der Waals surface area contributed by atoms with Gasteiger partial charge in [0.1, 0.15) is 6.04 Å². The summed E-state index contributed by atoms with van der Waals surface area (Å²) in [5.74, 6) is -0.0234. The van der Waals surface area contributed by atoms with Crippen molar-refractivity contribution in [3.8, 4) is 0 Å². The fraction of sp³-hybridized carbons (Fsp3) is 0.312. The topological polar surface area (TPSA) is 46.3 Å². The van der Waals surface area contributed by atoms with E-state index in [2.05, 4.69) is 0 Å². The number of nitrogens with zero attached hydrogens (tertiary/aromatic N) is 1. The van der Waals surface area contributed by atoms with Crippen LogP contribution < -0.4 is 5.73 Å². The van der Waals surface area contributed by atoms with Gasteiger partial charge in [0.25, 0.3) is 0 Å². The molecule has 0 saturated heterocycles. The summed E-state index contributed by atoms with van der Waals surface area (Å²) in [5, 5.41) is 2.02. The van der Waals surface area contributed by atoms with E-state index >= 15 is 0 Å². The van der Waals surface area contributed by atoms with Gasteiger partial charge < -0.3 is 10.6 Å². The summed E-state index contributed by atoms with van der Waals surface area (Å²) in [6, 6.07) is 11.3. The number of hydrogen-bond acceptors (Lipinski definition) is 3. The molecule has 0 fully saturated rings. The summed E-state index contributed by atoms with van der Waals surface area (Å²) in [5.41, 5.74) is 8.14. The quantitative estimate of drug-likeness (QED) is 0.914. The van der Waals surface area contributed by atoms with Gasteiger partial charge in [-0.25, -0.2) is 0 Å². The molecule has 21 heavy (non-hydrogen) atoms. The van der Waals surface area contributed by atoms with Gasteiger partial charge in [-0.1, -0.05) is 35.9 Å². The van der Waals surface area contributed by atoms with Crippen molar-refractivity contribution in [3.05, 3.63) is 57.8 Å². The Kier molecular flexibility index (Phi) is 6.89. The molecule has 0 saturated carbocycles. The normalized spacial score (nSPS) is 11.6. The minimum atomic E-state index is -0.587. The van der Waals surface area contributed by atoms with Gasteiger partial charge in [0.15, 0.2) is 0 Å². The van der Waals surface area contributed by atoms with Crippen LogP contribution in [0.15, 0.2) is 41.8 Å². The third-order valence-electron chi connectivity index (χ3n) is 3.32. The Labute approximate surface area is 136 Å². The maximum absolute atomic E-state index is 12.5. The molecule has 1 unspecified atom stereocenters. The second kappa shape index (κ2) is 8.17. The summed E-state index contributed by atoms with van der Waals surface area (Å²) in [6.07, 6.45) is 0. The van der Waals surface area contributed by atoms with Crippen molar-refractivity contribution < 1.29 is 4.79 Å². The van der Waals surface area contributed by atoms with Crippen LogP contribution in [-0.4, -0.2) is 17.4 Å². The molecule has 1 aromatic carbocycles. The van der Waals surface area contributed by atoms with Crippen molar-refractivity contribution in [1.82, 2.24) is 4.90 Å². The number of hydrogen-bond donors (Lipinski definition) is 1. The molecule has 2 aromatic rings. The Bertz CT molecular complexity index is 554. The second-order valence-corrected chi connectivity index (χ2v) is 5.85. The van der Waals surface area contributed by atoms with Gasteiger partial charge in [-0.2, -0.15) is 0 Å². The molecule has 1 heterocycles. The van der Waals surface area contributed by atoms with Crippen LogP contribution in [0, 0.1) is 6.92 Å². The Morgan fingerprint density at radius 2 is 1.95 bits per heavy atom. The molecule has 1 amide bonds. The lowest BCUT2D eigenvalue weighted by Gasteiger charge is -2.24. The minimum Gasteiger partial charge on any atom is -0.336 e. The molecule has 2 rings (SSSR count). The van der Waals surface area contributed by atoms with Gasteiger partial charge in [-0.3, -0.25) is 4.79 Å².